The first-order valence-corrected chi connectivity index (χ1v) is 11.2. The van der Waals surface area contributed by atoms with Gasteiger partial charge in [-0.15, -0.1) is 0 Å². The van der Waals surface area contributed by atoms with E-state index >= 15 is 0 Å². The second kappa shape index (κ2) is 13.3. The van der Waals surface area contributed by atoms with E-state index in [1.54, 1.807) is 30.3 Å². The van der Waals surface area contributed by atoms with E-state index in [2.05, 4.69) is 16.9 Å². The molecule has 8 heteroatoms. The molecule has 0 unspecified atom stereocenters. The number of benzene rings is 2. The third kappa shape index (κ3) is 7.68. The lowest BCUT2D eigenvalue weighted by atomic mass is 9.92. The minimum Gasteiger partial charge on any atom is -0.384 e. The molecule has 0 saturated heterocycles. The average Bonchev–Trinajstić information content (AvgIpc) is 2.87. The molecule has 1 aromatic heterocycles. The van der Waals surface area contributed by atoms with E-state index in [0.717, 1.165) is 16.7 Å². The highest BCUT2D eigenvalue weighted by atomic mass is 16.2. The van der Waals surface area contributed by atoms with Crippen molar-refractivity contribution >= 4 is 29.8 Å². The largest absolute Gasteiger partial charge is 0.384 e. The molecule has 4 N–H and O–H groups in total. The highest BCUT2D eigenvalue weighted by Gasteiger charge is 2.16. The molecular formula is C28H28N4O4. The van der Waals surface area contributed by atoms with Gasteiger partial charge >= 0.3 is 6.15 Å². The molecule has 3 rings (SSSR count). The van der Waals surface area contributed by atoms with Crippen LogP contribution in [0.4, 0.5) is 0 Å². The van der Waals surface area contributed by atoms with Gasteiger partial charge in [-0.05, 0) is 52.9 Å². The van der Waals surface area contributed by atoms with Crippen LogP contribution in [0, 0.1) is 11.3 Å². The summed E-state index contributed by atoms with van der Waals surface area (Å²) in [5, 5.41) is 10.4. The maximum atomic E-state index is 13.2. The van der Waals surface area contributed by atoms with Crippen molar-refractivity contribution in [2.75, 3.05) is 6.54 Å². The van der Waals surface area contributed by atoms with Crippen LogP contribution in [0.1, 0.15) is 51.4 Å². The van der Waals surface area contributed by atoms with E-state index < -0.39 is 0 Å². The summed E-state index contributed by atoms with van der Waals surface area (Å²) in [6.07, 6.45) is 3.55. The molecule has 0 aliphatic carbocycles. The number of ketones is 1. The minimum absolute atomic E-state index is 0.0670. The van der Waals surface area contributed by atoms with Gasteiger partial charge in [-0.1, -0.05) is 50.8 Å². The average molecular weight is 485 g/mol. The van der Waals surface area contributed by atoms with Crippen LogP contribution in [-0.2, 0) is 16.0 Å². The van der Waals surface area contributed by atoms with Crippen LogP contribution < -0.4 is 11.1 Å². The smallest absolute Gasteiger partial charge is 0.373 e. The van der Waals surface area contributed by atoms with Crippen molar-refractivity contribution in [3.8, 4) is 11.1 Å². The number of carbonyl (C=O) groups is 2. The molecule has 2 aromatic carbocycles. The topological polar surface area (TPSA) is 143 Å². The summed E-state index contributed by atoms with van der Waals surface area (Å²) in [5.41, 5.74) is 10.2. The molecule has 0 atom stereocenters. The quantitative estimate of drug-likeness (QED) is 0.239. The second-order valence-electron chi connectivity index (χ2n) is 8.33. The number of rotatable bonds is 9. The number of carbonyl (C=O) groups excluding carboxylic acids is 4. The molecule has 3 aromatic rings. The molecule has 0 aliphatic rings. The van der Waals surface area contributed by atoms with Gasteiger partial charge in [-0.3, -0.25) is 20.0 Å². The molecule has 0 fully saturated rings. The van der Waals surface area contributed by atoms with Crippen molar-refractivity contribution in [3.63, 3.8) is 0 Å². The number of nitrogens with one attached hydrogen (secondary N) is 2. The van der Waals surface area contributed by atoms with Crippen molar-refractivity contribution in [1.82, 2.24) is 10.3 Å². The number of hydrogen-bond donors (Lipinski definition) is 3. The predicted molar refractivity (Wildman–Crippen MR) is 137 cm³/mol. The van der Waals surface area contributed by atoms with Crippen molar-refractivity contribution < 1.29 is 19.2 Å². The number of Topliss-reactive ketones (excluding diaryl/α,β-unsaturated/α-hetero) is 1. The third-order valence-corrected chi connectivity index (χ3v) is 5.19. The molecule has 8 nitrogen and oxygen atoms in total. The monoisotopic (exact) mass is 484 g/mol. The summed E-state index contributed by atoms with van der Waals surface area (Å²) >= 11 is 0. The third-order valence-electron chi connectivity index (χ3n) is 5.19. The van der Waals surface area contributed by atoms with Crippen LogP contribution in [0.2, 0.25) is 0 Å². The van der Waals surface area contributed by atoms with Crippen LogP contribution in [0.15, 0.2) is 67.4 Å². The Balaban J connectivity index is 0.00000145. The Bertz CT molecular complexity index is 1270. The number of nitrogens with zero attached hydrogens (tertiary/aromatic N) is 1. The first-order valence-electron chi connectivity index (χ1n) is 11.2. The van der Waals surface area contributed by atoms with Crippen molar-refractivity contribution in [3.05, 3.63) is 95.3 Å². The lowest BCUT2D eigenvalue weighted by Crippen LogP contribution is -2.27. The molecule has 1 heterocycles. The van der Waals surface area contributed by atoms with Crippen LogP contribution in [0.5, 0.6) is 0 Å². The zero-order valence-corrected chi connectivity index (χ0v) is 20.2. The lowest BCUT2D eigenvalue weighted by Gasteiger charge is -2.12. The Hall–Kier alpha value is -4.68. The Kier molecular flexibility index (Phi) is 10.2. The fourth-order valence-corrected chi connectivity index (χ4v) is 3.32. The van der Waals surface area contributed by atoms with Gasteiger partial charge in [0.25, 0.3) is 5.91 Å². The van der Waals surface area contributed by atoms with Crippen molar-refractivity contribution in [2.45, 2.75) is 20.3 Å². The first kappa shape index (κ1) is 27.6. The van der Waals surface area contributed by atoms with E-state index in [1.807, 2.05) is 44.2 Å². The van der Waals surface area contributed by atoms with Crippen molar-refractivity contribution in [1.29, 1.82) is 5.41 Å². The van der Waals surface area contributed by atoms with Gasteiger partial charge in [-0.25, -0.2) is 0 Å². The SMILES string of the molecule is C=Cc1ccc(-c2ccc(C(=O)NCC(C)C)cc2)c(C(=O)Cc2ccc(C(=N)N)cn2)c1.O=C=O. The summed E-state index contributed by atoms with van der Waals surface area (Å²) in [7, 11) is 0. The standard InChI is InChI=1S/C27H28N4O2.CO2/c1-4-18-5-12-23(19-6-8-20(9-7-19)27(33)31-15-17(2)3)24(13-18)25(32)14-22-11-10-21(16-30-22)26(28)29;2-1-3/h4-13,16-17H,1,14-15H2,2-3H3,(H3,28,29)(H,31,33);. The molecule has 1 amide bonds. The summed E-state index contributed by atoms with van der Waals surface area (Å²) in [5.74, 6) is 0.102. The van der Waals surface area contributed by atoms with Crippen LogP contribution >= 0.6 is 0 Å². The molecular weight excluding hydrogens is 456 g/mol. The number of nitrogens with two attached hydrogens (primary N) is 1. The van der Waals surface area contributed by atoms with Gasteiger partial charge in [0.1, 0.15) is 5.84 Å². The van der Waals surface area contributed by atoms with Crippen LogP contribution in [-0.4, -0.2) is 35.2 Å². The Morgan fingerprint density at radius 3 is 2.25 bits per heavy atom. The van der Waals surface area contributed by atoms with Gasteiger partial charge in [0.15, 0.2) is 5.78 Å². The lowest BCUT2D eigenvalue weighted by molar-refractivity contribution is -0.191. The van der Waals surface area contributed by atoms with Gasteiger partial charge < -0.3 is 11.1 Å². The second-order valence-corrected chi connectivity index (χ2v) is 8.33. The van der Waals surface area contributed by atoms with Gasteiger partial charge in [-0.2, -0.15) is 9.59 Å². The summed E-state index contributed by atoms with van der Waals surface area (Å²) < 4.78 is 0. The molecule has 184 valence electrons. The van der Waals surface area contributed by atoms with Crippen LogP contribution in [0.3, 0.4) is 0 Å². The van der Waals surface area contributed by atoms with E-state index in [-0.39, 0.29) is 30.1 Å². The maximum Gasteiger partial charge on any atom is 0.373 e. The number of hydrogen-bond acceptors (Lipinski definition) is 6. The minimum atomic E-state index is -0.117. The molecule has 0 aliphatic heterocycles. The van der Waals surface area contributed by atoms with E-state index in [0.29, 0.717) is 34.8 Å². The maximum absolute atomic E-state index is 13.2. The molecule has 36 heavy (non-hydrogen) atoms. The first-order chi connectivity index (χ1) is 17.2. The van der Waals surface area contributed by atoms with E-state index in [1.165, 1.54) is 6.20 Å². The summed E-state index contributed by atoms with van der Waals surface area (Å²) in [4.78, 5) is 46.0. The number of amidine groups is 1. The molecule has 0 radical (unpaired) electrons. The van der Waals surface area contributed by atoms with Gasteiger partial charge in [0, 0.05) is 35.1 Å². The predicted octanol–water partition coefficient (Wildman–Crippen LogP) is 3.90. The highest BCUT2D eigenvalue weighted by Crippen LogP contribution is 2.27. The Morgan fingerprint density at radius 2 is 1.72 bits per heavy atom. The normalized spacial score (nSPS) is 9.97. The molecule has 0 saturated carbocycles. The van der Waals surface area contributed by atoms with Gasteiger partial charge in [0.2, 0.25) is 0 Å². The van der Waals surface area contributed by atoms with E-state index in [4.69, 9.17) is 20.7 Å². The van der Waals surface area contributed by atoms with Crippen LogP contribution in [0.25, 0.3) is 17.2 Å². The number of nitrogen functional groups attached to an aromatic ring is 1. The molecule has 0 spiro atoms. The van der Waals surface area contributed by atoms with Gasteiger partial charge in [0.05, 0.1) is 6.42 Å². The summed E-state index contributed by atoms with van der Waals surface area (Å²) in [6.45, 7) is 8.51. The number of amides is 1. The number of pyridine rings is 1. The number of aromatic nitrogens is 1. The Morgan fingerprint density at radius 1 is 1.08 bits per heavy atom. The molecule has 0 bridgehead atoms. The zero-order valence-electron chi connectivity index (χ0n) is 20.2. The Labute approximate surface area is 209 Å². The summed E-state index contributed by atoms with van der Waals surface area (Å²) in [6, 6.07) is 16.2. The highest BCUT2D eigenvalue weighted by molar-refractivity contribution is 6.04. The fraction of sp³-hybridized carbons (Fsp3) is 0.179. The van der Waals surface area contributed by atoms with E-state index in [9.17, 15) is 9.59 Å². The van der Waals surface area contributed by atoms with Crippen molar-refractivity contribution in [2.24, 2.45) is 11.7 Å². The zero-order chi connectivity index (χ0) is 26.7. The fourth-order valence-electron chi connectivity index (χ4n) is 3.32.